The lowest BCUT2D eigenvalue weighted by molar-refractivity contribution is -0.130. The zero-order chi connectivity index (χ0) is 18.7. The summed E-state index contributed by atoms with van der Waals surface area (Å²) in [6.07, 6.45) is 3.41. The SMILES string of the molecule is Cc1ccc(S(=O)(=O)N2C(=O)CCC2C(=O)NCc2ccncc2)cc1. The van der Waals surface area contributed by atoms with Gasteiger partial charge in [0.05, 0.1) is 4.90 Å². The van der Waals surface area contributed by atoms with Gasteiger partial charge in [0, 0.05) is 25.4 Å². The van der Waals surface area contributed by atoms with Crippen molar-refractivity contribution in [2.45, 2.75) is 37.2 Å². The van der Waals surface area contributed by atoms with E-state index in [4.69, 9.17) is 0 Å². The molecule has 8 heteroatoms. The van der Waals surface area contributed by atoms with E-state index in [1.807, 2.05) is 6.92 Å². The van der Waals surface area contributed by atoms with Crippen molar-refractivity contribution in [1.29, 1.82) is 0 Å². The number of benzene rings is 1. The predicted molar refractivity (Wildman–Crippen MR) is 94.3 cm³/mol. The Labute approximate surface area is 152 Å². The average molecular weight is 373 g/mol. The molecule has 1 aliphatic rings. The summed E-state index contributed by atoms with van der Waals surface area (Å²) in [6.45, 7) is 2.08. The number of aryl methyl sites for hydroxylation is 1. The maximum atomic E-state index is 12.9. The molecule has 2 heterocycles. The van der Waals surface area contributed by atoms with Crippen molar-refractivity contribution in [2.24, 2.45) is 0 Å². The highest BCUT2D eigenvalue weighted by Gasteiger charge is 2.44. The third kappa shape index (κ3) is 3.60. The van der Waals surface area contributed by atoms with Crippen LogP contribution in [0.2, 0.25) is 0 Å². The van der Waals surface area contributed by atoms with E-state index in [2.05, 4.69) is 10.3 Å². The maximum Gasteiger partial charge on any atom is 0.267 e. The van der Waals surface area contributed by atoms with Gasteiger partial charge in [-0.1, -0.05) is 17.7 Å². The number of amides is 2. The molecule has 1 aromatic heterocycles. The minimum atomic E-state index is -4.07. The highest BCUT2D eigenvalue weighted by molar-refractivity contribution is 7.89. The molecule has 0 saturated carbocycles. The zero-order valence-corrected chi connectivity index (χ0v) is 15.1. The molecule has 136 valence electrons. The first-order valence-electron chi connectivity index (χ1n) is 8.20. The van der Waals surface area contributed by atoms with Crippen LogP contribution in [0.1, 0.15) is 24.0 Å². The highest BCUT2D eigenvalue weighted by Crippen LogP contribution is 2.27. The lowest BCUT2D eigenvalue weighted by atomic mass is 10.2. The summed E-state index contributed by atoms with van der Waals surface area (Å²) in [7, 11) is -4.07. The van der Waals surface area contributed by atoms with Gasteiger partial charge < -0.3 is 5.32 Å². The molecule has 0 bridgehead atoms. The maximum absolute atomic E-state index is 12.9. The molecule has 2 amide bonds. The number of sulfonamides is 1. The number of pyridine rings is 1. The van der Waals surface area contributed by atoms with Gasteiger partial charge in [0.2, 0.25) is 11.8 Å². The van der Waals surface area contributed by atoms with Gasteiger partial charge in [0.25, 0.3) is 10.0 Å². The largest absolute Gasteiger partial charge is 0.350 e. The van der Waals surface area contributed by atoms with Gasteiger partial charge in [-0.25, -0.2) is 12.7 Å². The molecule has 7 nitrogen and oxygen atoms in total. The molecule has 1 saturated heterocycles. The Hall–Kier alpha value is -2.74. The second-order valence-corrected chi connectivity index (χ2v) is 7.95. The van der Waals surface area contributed by atoms with Gasteiger partial charge in [0.15, 0.2) is 0 Å². The summed E-state index contributed by atoms with van der Waals surface area (Å²) in [4.78, 5) is 28.6. The molecule has 1 aromatic carbocycles. The van der Waals surface area contributed by atoms with Crippen LogP contribution in [0.3, 0.4) is 0 Å². The van der Waals surface area contributed by atoms with E-state index in [0.717, 1.165) is 15.4 Å². The lowest BCUT2D eigenvalue weighted by Gasteiger charge is -2.23. The molecule has 1 atom stereocenters. The Morgan fingerprint density at radius 2 is 1.85 bits per heavy atom. The number of hydrogen-bond donors (Lipinski definition) is 1. The third-order valence-corrected chi connectivity index (χ3v) is 6.10. The van der Waals surface area contributed by atoms with Crippen molar-refractivity contribution in [3.63, 3.8) is 0 Å². The first-order chi connectivity index (χ1) is 12.4. The number of nitrogens with zero attached hydrogens (tertiary/aromatic N) is 2. The summed E-state index contributed by atoms with van der Waals surface area (Å²) in [5.41, 5.74) is 1.74. The van der Waals surface area contributed by atoms with E-state index in [-0.39, 0.29) is 24.3 Å². The lowest BCUT2D eigenvalue weighted by Crippen LogP contribution is -2.47. The topological polar surface area (TPSA) is 96.4 Å². The molecule has 1 N–H and O–H groups in total. The number of nitrogens with one attached hydrogen (secondary N) is 1. The minimum Gasteiger partial charge on any atom is -0.350 e. The van der Waals surface area contributed by atoms with Crippen molar-refractivity contribution < 1.29 is 18.0 Å². The van der Waals surface area contributed by atoms with E-state index in [1.54, 1.807) is 36.7 Å². The normalized spacial score (nSPS) is 17.3. The summed E-state index contributed by atoms with van der Waals surface area (Å²) in [6, 6.07) is 8.68. The van der Waals surface area contributed by atoms with Crippen molar-refractivity contribution >= 4 is 21.8 Å². The summed E-state index contributed by atoms with van der Waals surface area (Å²) in [5, 5.41) is 2.70. The zero-order valence-electron chi connectivity index (χ0n) is 14.3. The van der Waals surface area contributed by atoms with Crippen LogP contribution in [0.4, 0.5) is 0 Å². The van der Waals surface area contributed by atoms with Gasteiger partial charge in [-0.3, -0.25) is 14.6 Å². The van der Waals surface area contributed by atoms with Crippen LogP contribution in [-0.4, -0.2) is 35.6 Å². The first kappa shape index (κ1) is 18.1. The molecule has 1 fully saturated rings. The van der Waals surface area contributed by atoms with Gasteiger partial charge in [-0.05, 0) is 43.2 Å². The Balaban J connectivity index is 1.79. The van der Waals surface area contributed by atoms with Crippen molar-refractivity contribution in [2.75, 3.05) is 0 Å². The van der Waals surface area contributed by atoms with Gasteiger partial charge in [-0.2, -0.15) is 0 Å². The van der Waals surface area contributed by atoms with Gasteiger partial charge in [-0.15, -0.1) is 0 Å². The predicted octanol–water partition coefficient (Wildman–Crippen LogP) is 1.39. The van der Waals surface area contributed by atoms with Crippen LogP contribution >= 0.6 is 0 Å². The smallest absolute Gasteiger partial charge is 0.267 e. The summed E-state index contributed by atoms with van der Waals surface area (Å²) < 4.78 is 26.4. The monoisotopic (exact) mass is 373 g/mol. The average Bonchev–Trinajstić information content (AvgIpc) is 3.03. The van der Waals surface area contributed by atoms with Crippen LogP contribution in [0, 0.1) is 6.92 Å². The molecular weight excluding hydrogens is 354 g/mol. The first-order valence-corrected chi connectivity index (χ1v) is 9.64. The fourth-order valence-electron chi connectivity index (χ4n) is 2.83. The number of carbonyl (C=O) groups is 2. The van der Waals surface area contributed by atoms with E-state index >= 15 is 0 Å². The Morgan fingerprint density at radius 1 is 1.19 bits per heavy atom. The highest BCUT2D eigenvalue weighted by atomic mass is 32.2. The van der Waals surface area contributed by atoms with E-state index in [0.29, 0.717) is 0 Å². The van der Waals surface area contributed by atoms with Crippen LogP contribution in [0.5, 0.6) is 0 Å². The van der Waals surface area contributed by atoms with Gasteiger partial charge >= 0.3 is 0 Å². The molecule has 0 spiro atoms. The summed E-state index contributed by atoms with van der Waals surface area (Å²) >= 11 is 0. The minimum absolute atomic E-state index is 0.00489. The fraction of sp³-hybridized carbons (Fsp3) is 0.278. The number of rotatable bonds is 5. The Morgan fingerprint density at radius 3 is 2.50 bits per heavy atom. The number of hydrogen-bond acceptors (Lipinski definition) is 5. The molecular formula is C18H19N3O4S. The van der Waals surface area contributed by atoms with Crippen molar-refractivity contribution in [3.8, 4) is 0 Å². The third-order valence-electron chi connectivity index (χ3n) is 4.26. The number of carbonyl (C=O) groups excluding carboxylic acids is 2. The molecule has 1 unspecified atom stereocenters. The Bertz CT molecular complexity index is 911. The van der Waals surface area contributed by atoms with Crippen LogP contribution in [0.15, 0.2) is 53.7 Å². The summed E-state index contributed by atoms with van der Waals surface area (Å²) in [5.74, 6) is -1.04. The second kappa shape index (κ2) is 7.25. The molecule has 3 rings (SSSR count). The quantitative estimate of drug-likeness (QED) is 0.854. The van der Waals surface area contributed by atoms with Crippen LogP contribution < -0.4 is 5.32 Å². The van der Waals surface area contributed by atoms with E-state index in [1.165, 1.54) is 12.1 Å². The van der Waals surface area contributed by atoms with Crippen LogP contribution in [-0.2, 0) is 26.2 Å². The Kier molecular flexibility index (Phi) is 5.03. The second-order valence-electron chi connectivity index (χ2n) is 6.14. The van der Waals surface area contributed by atoms with E-state index in [9.17, 15) is 18.0 Å². The van der Waals surface area contributed by atoms with E-state index < -0.39 is 27.9 Å². The van der Waals surface area contributed by atoms with Crippen molar-refractivity contribution in [1.82, 2.24) is 14.6 Å². The molecule has 0 aliphatic carbocycles. The number of aromatic nitrogens is 1. The van der Waals surface area contributed by atoms with Crippen LogP contribution in [0.25, 0.3) is 0 Å². The standard InChI is InChI=1S/C18H19N3O4S/c1-13-2-4-15(5-3-13)26(24,25)21-16(6-7-17(21)22)18(23)20-12-14-8-10-19-11-9-14/h2-5,8-11,16H,6-7,12H2,1H3,(H,20,23). The van der Waals surface area contributed by atoms with Gasteiger partial charge in [0.1, 0.15) is 6.04 Å². The fourth-order valence-corrected chi connectivity index (χ4v) is 4.43. The van der Waals surface area contributed by atoms with Crippen molar-refractivity contribution in [3.05, 3.63) is 59.9 Å². The molecule has 26 heavy (non-hydrogen) atoms. The molecule has 1 aliphatic heterocycles. The molecule has 0 radical (unpaired) electrons. The molecule has 2 aromatic rings.